The molecule has 1 fully saturated rings. The lowest BCUT2D eigenvalue weighted by Gasteiger charge is -2.03. The fourth-order valence-corrected chi connectivity index (χ4v) is 1.82. The van der Waals surface area contributed by atoms with Crippen LogP contribution in [0.15, 0.2) is 18.3 Å². The zero-order chi connectivity index (χ0) is 11.7. The van der Waals surface area contributed by atoms with Gasteiger partial charge in [-0.25, -0.2) is 4.79 Å². The van der Waals surface area contributed by atoms with Gasteiger partial charge in [0.2, 0.25) is 0 Å². The van der Waals surface area contributed by atoms with Gasteiger partial charge in [0, 0.05) is 24.7 Å². The van der Waals surface area contributed by atoms with Gasteiger partial charge in [0.25, 0.3) is 0 Å². The summed E-state index contributed by atoms with van der Waals surface area (Å²) in [6.07, 6.45) is 2.79. The molecule has 0 aromatic carbocycles. The van der Waals surface area contributed by atoms with Crippen molar-refractivity contribution in [3.8, 4) is 0 Å². The van der Waals surface area contributed by atoms with Crippen LogP contribution in [0.1, 0.15) is 25.0 Å². The molecule has 16 heavy (non-hydrogen) atoms. The summed E-state index contributed by atoms with van der Waals surface area (Å²) in [6, 6.07) is 0. The van der Waals surface area contributed by atoms with Gasteiger partial charge in [0.05, 0.1) is 12.3 Å². The van der Waals surface area contributed by atoms with Gasteiger partial charge in [-0.1, -0.05) is 11.8 Å². The number of carbonyl (C=O) groups excluding carboxylic acids is 1. The summed E-state index contributed by atoms with van der Waals surface area (Å²) >= 11 is 0. The average Bonchev–Trinajstić information content (AvgIpc) is 2.94. The lowest BCUT2D eigenvalue weighted by Crippen LogP contribution is -2.08. The second-order valence-electron chi connectivity index (χ2n) is 4.01. The van der Waals surface area contributed by atoms with Crippen molar-refractivity contribution in [1.29, 1.82) is 0 Å². The van der Waals surface area contributed by atoms with Crippen LogP contribution < -0.4 is 0 Å². The smallest absolute Gasteiger partial charge is 0.333 e. The molecule has 2 unspecified atom stereocenters. The van der Waals surface area contributed by atoms with Gasteiger partial charge in [0.15, 0.2) is 0 Å². The third-order valence-corrected chi connectivity index (χ3v) is 2.78. The van der Waals surface area contributed by atoms with E-state index < -0.39 is 0 Å². The first-order chi connectivity index (χ1) is 7.63. The van der Waals surface area contributed by atoms with Crippen molar-refractivity contribution >= 4 is 5.97 Å². The Morgan fingerprint density at radius 2 is 2.50 bits per heavy atom. The number of ether oxygens (including phenoxy) is 1. The van der Waals surface area contributed by atoms with E-state index in [1.165, 1.54) is 0 Å². The van der Waals surface area contributed by atoms with E-state index in [0.29, 0.717) is 12.2 Å². The molecule has 0 radical (unpaired) electrons. The van der Waals surface area contributed by atoms with Crippen LogP contribution in [0.2, 0.25) is 0 Å². The molecule has 0 bridgehead atoms. The highest BCUT2D eigenvalue weighted by molar-refractivity contribution is 5.89. The SMILES string of the molecule is C=C(C(=O)OCC)C1CC1c1cn(C)nn1. The second kappa shape index (κ2) is 4.08. The van der Waals surface area contributed by atoms with E-state index in [9.17, 15) is 4.79 Å². The highest BCUT2D eigenvalue weighted by Crippen LogP contribution is 2.50. The maximum Gasteiger partial charge on any atom is 0.333 e. The molecule has 1 aliphatic carbocycles. The molecule has 0 amide bonds. The van der Waals surface area contributed by atoms with Crippen molar-refractivity contribution in [2.75, 3.05) is 6.61 Å². The van der Waals surface area contributed by atoms with Gasteiger partial charge in [-0.15, -0.1) is 5.10 Å². The summed E-state index contributed by atoms with van der Waals surface area (Å²) in [5, 5.41) is 7.91. The minimum absolute atomic E-state index is 0.177. The van der Waals surface area contributed by atoms with Gasteiger partial charge < -0.3 is 4.74 Å². The number of carbonyl (C=O) groups is 1. The van der Waals surface area contributed by atoms with Gasteiger partial charge in [-0.2, -0.15) is 0 Å². The summed E-state index contributed by atoms with van der Waals surface area (Å²) in [7, 11) is 1.83. The molecular formula is C11H15N3O2. The first kappa shape index (κ1) is 10.9. The van der Waals surface area contributed by atoms with Crippen LogP contribution in [0.25, 0.3) is 0 Å². The van der Waals surface area contributed by atoms with Gasteiger partial charge in [0.1, 0.15) is 0 Å². The van der Waals surface area contributed by atoms with Crippen LogP contribution in [0.4, 0.5) is 0 Å². The van der Waals surface area contributed by atoms with Crippen molar-refractivity contribution in [3.05, 3.63) is 24.0 Å². The minimum atomic E-state index is -0.293. The van der Waals surface area contributed by atoms with Crippen LogP contribution in [-0.2, 0) is 16.6 Å². The van der Waals surface area contributed by atoms with E-state index >= 15 is 0 Å². The van der Waals surface area contributed by atoms with E-state index in [-0.39, 0.29) is 17.8 Å². The van der Waals surface area contributed by atoms with Gasteiger partial charge >= 0.3 is 5.97 Å². The maximum absolute atomic E-state index is 11.4. The number of rotatable bonds is 4. The van der Waals surface area contributed by atoms with Crippen molar-refractivity contribution in [2.24, 2.45) is 13.0 Å². The van der Waals surface area contributed by atoms with Crippen LogP contribution in [0, 0.1) is 5.92 Å². The molecule has 1 aliphatic rings. The lowest BCUT2D eigenvalue weighted by atomic mass is 10.1. The van der Waals surface area contributed by atoms with Crippen LogP contribution in [0.5, 0.6) is 0 Å². The molecule has 1 aromatic heterocycles. The first-order valence-corrected chi connectivity index (χ1v) is 5.35. The zero-order valence-electron chi connectivity index (χ0n) is 9.51. The Balaban J connectivity index is 1.96. The molecule has 1 saturated carbocycles. The number of nitrogens with zero attached hydrogens (tertiary/aromatic N) is 3. The number of esters is 1. The lowest BCUT2D eigenvalue weighted by molar-refractivity contribution is -0.138. The first-order valence-electron chi connectivity index (χ1n) is 5.35. The highest BCUT2D eigenvalue weighted by atomic mass is 16.5. The third kappa shape index (κ3) is 1.98. The molecule has 1 heterocycles. The Kier molecular flexibility index (Phi) is 2.77. The molecule has 86 valence electrons. The fraction of sp³-hybridized carbons (Fsp3) is 0.545. The maximum atomic E-state index is 11.4. The molecule has 5 heteroatoms. The van der Waals surface area contributed by atoms with Crippen LogP contribution >= 0.6 is 0 Å². The molecule has 1 aromatic rings. The molecular weight excluding hydrogens is 206 g/mol. The Labute approximate surface area is 94.1 Å². The summed E-state index contributed by atoms with van der Waals surface area (Å²) in [4.78, 5) is 11.4. The van der Waals surface area contributed by atoms with Crippen molar-refractivity contribution in [1.82, 2.24) is 15.0 Å². The quantitative estimate of drug-likeness (QED) is 0.563. The van der Waals surface area contributed by atoms with E-state index in [0.717, 1.165) is 12.1 Å². The minimum Gasteiger partial charge on any atom is -0.463 e. The van der Waals surface area contributed by atoms with E-state index in [2.05, 4.69) is 16.9 Å². The van der Waals surface area contributed by atoms with Gasteiger partial charge in [-0.05, 0) is 19.3 Å². The number of hydrogen-bond donors (Lipinski definition) is 0. The third-order valence-electron chi connectivity index (χ3n) is 2.78. The summed E-state index contributed by atoms with van der Waals surface area (Å²) in [5.74, 6) is 0.167. The van der Waals surface area contributed by atoms with Crippen LogP contribution in [-0.4, -0.2) is 27.6 Å². The van der Waals surface area contributed by atoms with Crippen LogP contribution in [0.3, 0.4) is 0 Å². The number of aromatic nitrogens is 3. The largest absolute Gasteiger partial charge is 0.463 e. The fourth-order valence-electron chi connectivity index (χ4n) is 1.82. The Hall–Kier alpha value is -1.65. The number of aryl methyl sites for hydroxylation is 1. The van der Waals surface area contributed by atoms with Crippen molar-refractivity contribution in [3.63, 3.8) is 0 Å². The second-order valence-corrected chi connectivity index (χ2v) is 4.01. The average molecular weight is 221 g/mol. The van der Waals surface area contributed by atoms with E-state index in [1.807, 2.05) is 13.2 Å². The van der Waals surface area contributed by atoms with Gasteiger partial charge in [-0.3, -0.25) is 4.68 Å². The zero-order valence-corrected chi connectivity index (χ0v) is 9.51. The molecule has 0 N–H and O–H groups in total. The Bertz CT molecular complexity index is 425. The van der Waals surface area contributed by atoms with Crippen molar-refractivity contribution < 1.29 is 9.53 Å². The molecule has 5 nitrogen and oxygen atoms in total. The summed E-state index contributed by atoms with van der Waals surface area (Å²) in [5.41, 5.74) is 1.48. The van der Waals surface area contributed by atoms with Crippen molar-refractivity contribution in [2.45, 2.75) is 19.3 Å². The Morgan fingerprint density at radius 3 is 3.06 bits per heavy atom. The topological polar surface area (TPSA) is 57.0 Å². The van der Waals surface area contributed by atoms with E-state index in [1.54, 1.807) is 11.6 Å². The molecule has 0 saturated heterocycles. The highest BCUT2D eigenvalue weighted by Gasteiger charge is 2.44. The predicted molar refractivity (Wildman–Crippen MR) is 57.6 cm³/mol. The molecule has 2 atom stereocenters. The molecule has 0 aliphatic heterocycles. The standard InChI is InChI=1S/C11H15N3O2/c1-4-16-11(15)7(2)8-5-9(8)10-6-14(3)13-12-10/h6,8-9H,2,4-5H2,1,3H3. The number of hydrogen-bond acceptors (Lipinski definition) is 4. The summed E-state index contributed by atoms with van der Waals surface area (Å²) < 4.78 is 6.58. The summed E-state index contributed by atoms with van der Waals surface area (Å²) in [6.45, 7) is 5.97. The normalized spacial score (nSPS) is 22.9. The Morgan fingerprint density at radius 1 is 1.75 bits per heavy atom. The molecule has 2 rings (SSSR count). The predicted octanol–water partition coefficient (Wildman–Crippen LogP) is 1.04. The van der Waals surface area contributed by atoms with E-state index in [4.69, 9.17) is 4.74 Å². The monoisotopic (exact) mass is 221 g/mol. The molecule has 0 spiro atoms.